The maximum atomic E-state index is 11.2. The van der Waals surface area contributed by atoms with E-state index in [1.165, 1.54) is 11.3 Å². The number of carbonyl (C=O) groups excluding carboxylic acids is 1. The zero-order valence-corrected chi connectivity index (χ0v) is 11.4. The largest absolute Gasteiger partial charge is 0.337 e. The lowest BCUT2D eigenvalue weighted by molar-refractivity contribution is 0.112. The maximum Gasteiger partial charge on any atom is 0.152 e. The molecule has 0 saturated carbocycles. The third-order valence-corrected chi connectivity index (χ3v) is 3.82. The Labute approximate surface area is 117 Å². The van der Waals surface area contributed by atoms with E-state index < -0.39 is 0 Å². The summed E-state index contributed by atoms with van der Waals surface area (Å²) in [6.45, 7) is 2.16. The quantitative estimate of drug-likeness (QED) is 0.762. The van der Waals surface area contributed by atoms with E-state index in [-0.39, 0.29) is 0 Å². The van der Waals surface area contributed by atoms with Crippen molar-refractivity contribution in [2.75, 3.05) is 4.90 Å². The van der Waals surface area contributed by atoms with Gasteiger partial charge in [0.25, 0.3) is 0 Å². The predicted octanol–water partition coefficient (Wildman–Crippen LogP) is 4.24. The summed E-state index contributed by atoms with van der Waals surface area (Å²) >= 11 is 6.08. The van der Waals surface area contributed by atoms with Gasteiger partial charge in [0.05, 0.1) is 5.69 Å². The Morgan fingerprint density at radius 1 is 1.21 bits per heavy atom. The van der Waals surface area contributed by atoms with Crippen molar-refractivity contribution in [1.82, 2.24) is 0 Å². The molecule has 1 atom stereocenters. The molecular formula is C16H14ClNO. The van der Waals surface area contributed by atoms with E-state index in [1.807, 2.05) is 18.2 Å². The van der Waals surface area contributed by atoms with Crippen molar-refractivity contribution in [1.29, 1.82) is 0 Å². The molecule has 0 bridgehead atoms. The third-order valence-electron chi connectivity index (χ3n) is 3.59. The predicted molar refractivity (Wildman–Crippen MR) is 78.6 cm³/mol. The van der Waals surface area contributed by atoms with Crippen LogP contribution in [0.4, 0.5) is 11.4 Å². The van der Waals surface area contributed by atoms with Crippen molar-refractivity contribution in [3.8, 4) is 0 Å². The molecule has 1 aliphatic rings. The highest BCUT2D eigenvalue weighted by molar-refractivity contribution is 6.31. The van der Waals surface area contributed by atoms with Crippen LogP contribution >= 0.6 is 11.6 Å². The van der Waals surface area contributed by atoms with Crippen LogP contribution in [-0.4, -0.2) is 12.3 Å². The zero-order chi connectivity index (χ0) is 13.4. The molecule has 0 radical (unpaired) electrons. The average Bonchev–Trinajstić information content (AvgIpc) is 2.74. The van der Waals surface area contributed by atoms with E-state index in [4.69, 9.17) is 11.6 Å². The first-order valence-corrected chi connectivity index (χ1v) is 6.70. The van der Waals surface area contributed by atoms with E-state index in [1.54, 1.807) is 12.1 Å². The van der Waals surface area contributed by atoms with Gasteiger partial charge >= 0.3 is 0 Å². The molecule has 2 nitrogen and oxygen atoms in total. The monoisotopic (exact) mass is 271 g/mol. The van der Waals surface area contributed by atoms with Crippen molar-refractivity contribution in [3.05, 3.63) is 58.6 Å². The van der Waals surface area contributed by atoms with Crippen LogP contribution in [0, 0.1) is 0 Å². The van der Waals surface area contributed by atoms with Gasteiger partial charge in [-0.05, 0) is 43.2 Å². The van der Waals surface area contributed by atoms with Gasteiger partial charge in [-0.25, -0.2) is 0 Å². The molecule has 0 N–H and O–H groups in total. The normalized spacial score (nSPS) is 17.4. The van der Waals surface area contributed by atoms with Gasteiger partial charge in [0.15, 0.2) is 6.29 Å². The maximum absolute atomic E-state index is 11.2. The fourth-order valence-electron chi connectivity index (χ4n) is 2.76. The van der Waals surface area contributed by atoms with Gasteiger partial charge in [0.1, 0.15) is 0 Å². The van der Waals surface area contributed by atoms with Crippen LogP contribution < -0.4 is 4.90 Å². The molecule has 96 valence electrons. The van der Waals surface area contributed by atoms with Crippen LogP contribution in [0.15, 0.2) is 42.5 Å². The number of hydrogen-bond donors (Lipinski definition) is 0. The minimum absolute atomic E-state index is 0.328. The second-order valence-corrected chi connectivity index (χ2v) is 5.31. The first kappa shape index (κ1) is 12.2. The number of hydrogen-bond acceptors (Lipinski definition) is 2. The van der Waals surface area contributed by atoms with E-state index in [9.17, 15) is 4.79 Å². The molecule has 2 aromatic rings. The Balaban J connectivity index is 2.17. The van der Waals surface area contributed by atoms with Crippen LogP contribution in [0.1, 0.15) is 22.8 Å². The van der Waals surface area contributed by atoms with E-state index in [0.717, 1.165) is 18.4 Å². The van der Waals surface area contributed by atoms with Gasteiger partial charge in [-0.2, -0.15) is 0 Å². The summed E-state index contributed by atoms with van der Waals surface area (Å²) in [5, 5.41) is 0.650. The molecule has 0 aromatic heterocycles. The van der Waals surface area contributed by atoms with E-state index in [0.29, 0.717) is 16.6 Å². The molecule has 0 saturated heterocycles. The van der Waals surface area contributed by atoms with Crippen molar-refractivity contribution < 1.29 is 4.79 Å². The van der Waals surface area contributed by atoms with Gasteiger partial charge in [-0.1, -0.05) is 29.8 Å². The Bertz CT molecular complexity index is 638. The first-order valence-electron chi connectivity index (χ1n) is 6.32. The minimum Gasteiger partial charge on any atom is -0.337 e. The second kappa shape index (κ2) is 4.71. The lowest BCUT2D eigenvalue weighted by Crippen LogP contribution is -2.24. The number of rotatable bonds is 2. The number of carbonyl (C=O) groups is 1. The third kappa shape index (κ3) is 2.02. The number of fused-ring (bicyclic) bond motifs is 1. The molecular weight excluding hydrogens is 258 g/mol. The number of aldehydes is 1. The first-order chi connectivity index (χ1) is 9.20. The minimum atomic E-state index is 0.328. The highest BCUT2D eigenvalue weighted by Gasteiger charge is 2.28. The van der Waals surface area contributed by atoms with Crippen molar-refractivity contribution >= 4 is 29.3 Å². The molecule has 0 aliphatic carbocycles. The molecule has 2 aromatic carbocycles. The van der Waals surface area contributed by atoms with Gasteiger partial charge in [-0.3, -0.25) is 4.79 Å². The topological polar surface area (TPSA) is 20.3 Å². The molecule has 1 aliphatic heterocycles. The summed E-state index contributed by atoms with van der Waals surface area (Å²) in [6.07, 6.45) is 1.88. The lowest BCUT2D eigenvalue weighted by Gasteiger charge is -2.26. The van der Waals surface area contributed by atoms with Crippen LogP contribution in [0.3, 0.4) is 0 Å². The Hall–Kier alpha value is -1.80. The molecule has 19 heavy (non-hydrogen) atoms. The van der Waals surface area contributed by atoms with E-state index in [2.05, 4.69) is 24.0 Å². The average molecular weight is 272 g/mol. The molecule has 0 spiro atoms. The lowest BCUT2D eigenvalue weighted by atomic mass is 10.1. The second-order valence-electron chi connectivity index (χ2n) is 4.87. The van der Waals surface area contributed by atoms with Crippen LogP contribution in [0.5, 0.6) is 0 Å². The van der Waals surface area contributed by atoms with Gasteiger partial charge < -0.3 is 4.90 Å². The Kier molecular flexibility index (Phi) is 3.03. The fraction of sp³-hybridized carbons (Fsp3) is 0.188. The van der Waals surface area contributed by atoms with Crippen molar-refractivity contribution in [2.24, 2.45) is 0 Å². The fourth-order valence-corrected chi connectivity index (χ4v) is 2.92. The highest BCUT2D eigenvalue weighted by Crippen LogP contribution is 2.40. The zero-order valence-electron chi connectivity index (χ0n) is 10.6. The van der Waals surface area contributed by atoms with Gasteiger partial charge in [0.2, 0.25) is 0 Å². The number of benzene rings is 2. The summed E-state index contributed by atoms with van der Waals surface area (Å²) < 4.78 is 0. The number of nitrogens with zero attached hydrogens (tertiary/aromatic N) is 1. The number of anilines is 2. The summed E-state index contributed by atoms with van der Waals surface area (Å²) in [7, 11) is 0. The molecule has 3 heteroatoms. The SMILES string of the molecule is CC1Cc2ccccc2N1c1cc(Cl)ccc1C=O. The van der Waals surface area contributed by atoms with E-state index >= 15 is 0 Å². The molecule has 1 unspecified atom stereocenters. The Morgan fingerprint density at radius 3 is 2.79 bits per heavy atom. The standard InChI is InChI=1S/C16H14ClNO/c1-11-8-12-4-2-3-5-15(12)18(11)16-9-14(17)7-6-13(16)10-19/h2-7,9-11H,8H2,1H3. The van der Waals surface area contributed by atoms with Crippen molar-refractivity contribution in [2.45, 2.75) is 19.4 Å². The summed E-state index contributed by atoms with van der Waals surface area (Å²) in [5.74, 6) is 0. The van der Waals surface area contributed by atoms with Crippen LogP contribution in [0.25, 0.3) is 0 Å². The van der Waals surface area contributed by atoms with Crippen molar-refractivity contribution in [3.63, 3.8) is 0 Å². The van der Waals surface area contributed by atoms with Gasteiger partial charge in [0, 0.05) is 22.3 Å². The van der Waals surface area contributed by atoms with Crippen LogP contribution in [-0.2, 0) is 6.42 Å². The van der Waals surface area contributed by atoms with Crippen LogP contribution in [0.2, 0.25) is 5.02 Å². The summed E-state index contributed by atoms with van der Waals surface area (Å²) in [4.78, 5) is 13.4. The summed E-state index contributed by atoms with van der Waals surface area (Å²) in [5.41, 5.74) is 4.04. The van der Waals surface area contributed by atoms with Gasteiger partial charge in [-0.15, -0.1) is 0 Å². The number of para-hydroxylation sites is 1. The molecule has 0 fully saturated rings. The molecule has 3 rings (SSSR count). The molecule has 0 amide bonds. The smallest absolute Gasteiger partial charge is 0.152 e. The summed E-state index contributed by atoms with van der Waals surface area (Å²) in [6, 6.07) is 14.0. The molecule has 1 heterocycles. The highest BCUT2D eigenvalue weighted by atomic mass is 35.5. The number of halogens is 1. The Morgan fingerprint density at radius 2 is 2.00 bits per heavy atom.